The summed E-state index contributed by atoms with van der Waals surface area (Å²) in [6.45, 7) is 0.239. The monoisotopic (exact) mass is 321 g/mol. The van der Waals surface area contributed by atoms with Crippen molar-refractivity contribution >= 4 is 5.82 Å². The smallest absolute Gasteiger partial charge is 0.231 e. The van der Waals surface area contributed by atoms with Crippen molar-refractivity contribution in [2.75, 3.05) is 19.6 Å². The van der Waals surface area contributed by atoms with E-state index in [4.69, 9.17) is 19.9 Å². The summed E-state index contributed by atoms with van der Waals surface area (Å²) in [5.41, 5.74) is 9.13. The van der Waals surface area contributed by atoms with Crippen LogP contribution in [0.4, 0.5) is 5.82 Å². The van der Waals surface area contributed by atoms with Crippen LogP contribution >= 0.6 is 0 Å². The van der Waals surface area contributed by atoms with Crippen LogP contribution in [0, 0.1) is 0 Å². The van der Waals surface area contributed by atoms with Gasteiger partial charge in [-0.3, -0.25) is 0 Å². The van der Waals surface area contributed by atoms with Crippen LogP contribution in [0.3, 0.4) is 0 Å². The molecule has 120 valence electrons. The standard InChI is InChI=1S/C18H15N3O3/c1-22-13-5-2-11(3-6-13)17-18(19)20-9-14(21-17)12-4-7-15-16(8-12)24-10-23-15/h2-9H,10H2,1H3,(H2,19,20). The third kappa shape index (κ3) is 2.48. The molecule has 1 aliphatic rings. The summed E-state index contributed by atoms with van der Waals surface area (Å²) in [6, 6.07) is 13.2. The van der Waals surface area contributed by atoms with Crippen LogP contribution in [0.25, 0.3) is 22.5 Å². The van der Waals surface area contributed by atoms with Crippen LogP contribution in [0.15, 0.2) is 48.7 Å². The third-order valence-corrected chi connectivity index (χ3v) is 3.83. The number of aromatic nitrogens is 2. The van der Waals surface area contributed by atoms with Crippen molar-refractivity contribution in [3.05, 3.63) is 48.7 Å². The zero-order chi connectivity index (χ0) is 16.5. The number of anilines is 1. The van der Waals surface area contributed by atoms with E-state index in [1.54, 1.807) is 13.3 Å². The Hall–Kier alpha value is -3.28. The highest BCUT2D eigenvalue weighted by Gasteiger charge is 2.15. The molecule has 24 heavy (non-hydrogen) atoms. The molecule has 6 nitrogen and oxygen atoms in total. The molecular formula is C18H15N3O3. The lowest BCUT2D eigenvalue weighted by Gasteiger charge is -2.08. The van der Waals surface area contributed by atoms with Crippen molar-refractivity contribution < 1.29 is 14.2 Å². The lowest BCUT2D eigenvalue weighted by molar-refractivity contribution is 0.174. The van der Waals surface area contributed by atoms with Crippen molar-refractivity contribution in [1.82, 2.24) is 9.97 Å². The maximum atomic E-state index is 6.01. The van der Waals surface area contributed by atoms with Crippen LogP contribution < -0.4 is 19.9 Å². The van der Waals surface area contributed by atoms with E-state index >= 15 is 0 Å². The average Bonchev–Trinajstić information content (AvgIpc) is 3.10. The number of benzene rings is 2. The van der Waals surface area contributed by atoms with Gasteiger partial charge < -0.3 is 19.9 Å². The second kappa shape index (κ2) is 5.73. The zero-order valence-electron chi connectivity index (χ0n) is 13.0. The van der Waals surface area contributed by atoms with Gasteiger partial charge in [-0.05, 0) is 42.5 Å². The normalized spacial score (nSPS) is 12.2. The Morgan fingerprint density at radius 2 is 1.75 bits per heavy atom. The maximum absolute atomic E-state index is 6.01. The number of fused-ring (bicyclic) bond motifs is 1. The average molecular weight is 321 g/mol. The number of methoxy groups -OCH3 is 1. The molecule has 2 heterocycles. The maximum Gasteiger partial charge on any atom is 0.231 e. The lowest BCUT2D eigenvalue weighted by atomic mass is 10.1. The number of nitrogens with zero attached hydrogens (tertiary/aromatic N) is 2. The number of hydrogen-bond donors (Lipinski definition) is 1. The van der Waals surface area contributed by atoms with Crippen LogP contribution in [0.5, 0.6) is 17.2 Å². The first-order chi connectivity index (χ1) is 11.7. The Labute approximate surface area is 138 Å². The van der Waals surface area contributed by atoms with Gasteiger partial charge in [-0.2, -0.15) is 0 Å². The van der Waals surface area contributed by atoms with E-state index in [0.29, 0.717) is 23.0 Å². The molecule has 0 radical (unpaired) electrons. The molecule has 0 saturated heterocycles. The first-order valence-electron chi connectivity index (χ1n) is 7.41. The third-order valence-electron chi connectivity index (χ3n) is 3.83. The highest BCUT2D eigenvalue weighted by atomic mass is 16.7. The van der Waals surface area contributed by atoms with E-state index < -0.39 is 0 Å². The minimum atomic E-state index is 0.239. The fraction of sp³-hybridized carbons (Fsp3) is 0.111. The summed E-state index contributed by atoms with van der Waals surface area (Å²) in [4.78, 5) is 8.95. The Bertz CT molecular complexity index is 895. The van der Waals surface area contributed by atoms with Gasteiger partial charge in [0.2, 0.25) is 6.79 Å². The molecule has 3 aromatic rings. The van der Waals surface area contributed by atoms with Gasteiger partial charge in [-0.15, -0.1) is 0 Å². The number of hydrogen-bond acceptors (Lipinski definition) is 6. The molecule has 0 saturated carbocycles. The fourth-order valence-corrected chi connectivity index (χ4v) is 2.55. The predicted molar refractivity (Wildman–Crippen MR) is 90.0 cm³/mol. The van der Waals surface area contributed by atoms with E-state index in [9.17, 15) is 0 Å². The van der Waals surface area contributed by atoms with Gasteiger partial charge in [0.05, 0.1) is 19.0 Å². The van der Waals surface area contributed by atoms with Crippen molar-refractivity contribution in [1.29, 1.82) is 0 Å². The summed E-state index contributed by atoms with van der Waals surface area (Å²) < 4.78 is 15.9. The highest BCUT2D eigenvalue weighted by molar-refractivity contribution is 5.74. The second-order valence-electron chi connectivity index (χ2n) is 5.29. The van der Waals surface area contributed by atoms with E-state index in [0.717, 1.165) is 22.6 Å². The molecule has 2 aromatic carbocycles. The first kappa shape index (κ1) is 14.3. The van der Waals surface area contributed by atoms with Gasteiger partial charge in [0.15, 0.2) is 11.5 Å². The highest BCUT2D eigenvalue weighted by Crippen LogP contribution is 2.36. The Balaban J connectivity index is 1.75. The Morgan fingerprint density at radius 1 is 1.00 bits per heavy atom. The van der Waals surface area contributed by atoms with Crippen molar-refractivity contribution in [3.8, 4) is 39.8 Å². The van der Waals surface area contributed by atoms with Gasteiger partial charge in [0, 0.05) is 11.1 Å². The van der Waals surface area contributed by atoms with Crippen LogP contribution in [0.1, 0.15) is 0 Å². The summed E-state index contributed by atoms with van der Waals surface area (Å²) in [6.07, 6.45) is 1.65. The van der Waals surface area contributed by atoms with Crippen LogP contribution in [0.2, 0.25) is 0 Å². The quantitative estimate of drug-likeness (QED) is 0.798. The molecule has 4 rings (SSSR count). The van der Waals surface area contributed by atoms with Gasteiger partial charge in [0.25, 0.3) is 0 Å². The summed E-state index contributed by atoms with van der Waals surface area (Å²) in [5.74, 6) is 2.59. The van der Waals surface area contributed by atoms with Crippen molar-refractivity contribution in [2.45, 2.75) is 0 Å². The molecule has 0 spiro atoms. The van der Waals surface area contributed by atoms with Gasteiger partial charge in [0.1, 0.15) is 17.3 Å². The Morgan fingerprint density at radius 3 is 2.54 bits per heavy atom. The predicted octanol–water partition coefficient (Wildman–Crippen LogP) is 3.13. The first-order valence-corrected chi connectivity index (χ1v) is 7.41. The molecule has 0 amide bonds. The summed E-state index contributed by atoms with van der Waals surface area (Å²) in [7, 11) is 1.63. The van der Waals surface area contributed by atoms with E-state index in [-0.39, 0.29) is 6.79 Å². The molecule has 1 aliphatic heterocycles. The number of nitrogen functional groups attached to an aromatic ring is 1. The topological polar surface area (TPSA) is 79.5 Å². The summed E-state index contributed by atoms with van der Waals surface area (Å²) in [5, 5.41) is 0. The molecule has 0 bridgehead atoms. The second-order valence-corrected chi connectivity index (χ2v) is 5.29. The molecule has 2 N–H and O–H groups in total. The minimum absolute atomic E-state index is 0.239. The number of nitrogens with two attached hydrogens (primary N) is 1. The van der Waals surface area contributed by atoms with Crippen LogP contribution in [-0.4, -0.2) is 23.9 Å². The van der Waals surface area contributed by atoms with Gasteiger partial charge in [-0.25, -0.2) is 9.97 Å². The Kier molecular flexibility index (Phi) is 3.42. The largest absolute Gasteiger partial charge is 0.497 e. The van der Waals surface area contributed by atoms with E-state index in [1.165, 1.54) is 0 Å². The van der Waals surface area contributed by atoms with E-state index in [2.05, 4.69) is 9.97 Å². The van der Waals surface area contributed by atoms with Crippen molar-refractivity contribution in [3.63, 3.8) is 0 Å². The lowest BCUT2D eigenvalue weighted by Crippen LogP contribution is -1.99. The molecule has 0 fully saturated rings. The zero-order valence-corrected chi connectivity index (χ0v) is 13.0. The fourth-order valence-electron chi connectivity index (χ4n) is 2.55. The molecule has 0 aliphatic carbocycles. The number of rotatable bonds is 3. The van der Waals surface area contributed by atoms with Gasteiger partial charge >= 0.3 is 0 Å². The molecule has 1 aromatic heterocycles. The summed E-state index contributed by atoms with van der Waals surface area (Å²) >= 11 is 0. The molecule has 0 atom stereocenters. The minimum Gasteiger partial charge on any atom is -0.497 e. The molecule has 6 heteroatoms. The van der Waals surface area contributed by atoms with Crippen molar-refractivity contribution in [2.24, 2.45) is 0 Å². The number of ether oxygens (including phenoxy) is 3. The van der Waals surface area contributed by atoms with Gasteiger partial charge in [-0.1, -0.05) is 0 Å². The molecule has 0 unspecified atom stereocenters. The van der Waals surface area contributed by atoms with E-state index in [1.807, 2.05) is 42.5 Å². The molecular weight excluding hydrogens is 306 g/mol. The van der Waals surface area contributed by atoms with Crippen LogP contribution in [-0.2, 0) is 0 Å². The SMILES string of the molecule is COc1ccc(-c2nc(-c3ccc4c(c3)OCO4)cnc2N)cc1.